The fraction of sp³-hybridized carbons (Fsp3) is 0.500. The minimum Gasteiger partial charge on any atom is -0.469 e. The van der Waals surface area contributed by atoms with Crippen LogP contribution >= 0.6 is 11.6 Å². The van der Waals surface area contributed by atoms with Crippen LogP contribution in [-0.4, -0.2) is 53.9 Å². The third kappa shape index (κ3) is 10.2. The second kappa shape index (κ2) is 13.0. The highest BCUT2D eigenvalue weighted by atomic mass is 35.5. The van der Waals surface area contributed by atoms with Gasteiger partial charge in [-0.25, -0.2) is 9.78 Å². The van der Waals surface area contributed by atoms with Crippen LogP contribution in [-0.2, 0) is 20.7 Å². The number of nitrogens with zero attached hydrogens (tertiary/aromatic N) is 2. The molecule has 0 bridgehead atoms. The van der Waals surface area contributed by atoms with Gasteiger partial charge in [0.2, 0.25) is 5.95 Å². The lowest BCUT2D eigenvalue weighted by molar-refractivity contribution is -0.145. The Morgan fingerprint density at radius 3 is 2.50 bits per heavy atom. The summed E-state index contributed by atoms with van der Waals surface area (Å²) < 4.78 is 10.1. The van der Waals surface area contributed by atoms with Gasteiger partial charge in [0.05, 0.1) is 13.0 Å². The minimum atomic E-state index is -0.618. The van der Waals surface area contributed by atoms with Crippen molar-refractivity contribution < 1.29 is 19.1 Å². The van der Waals surface area contributed by atoms with Gasteiger partial charge in [0.1, 0.15) is 16.6 Å². The number of carbonyl (C=O) groups is 2. The normalized spacial score (nSPS) is 12.9. The molecule has 9 nitrogen and oxygen atoms in total. The van der Waals surface area contributed by atoms with E-state index in [0.29, 0.717) is 24.7 Å². The standard InChI is InChI=1S/C24H34ClN5O4/c1-16(21(31)33-5)13-18(15-27-23(32)34-24(2,3)4)28-20-14-19(25)29-22(30-20)26-12-11-17-9-7-6-8-10-17/h6-10,14,16,18H,11-13,15H2,1-5H3,(H,27,32)(H2,26,28,29,30). The van der Waals surface area contributed by atoms with Crippen molar-refractivity contribution in [3.05, 3.63) is 47.1 Å². The van der Waals surface area contributed by atoms with E-state index >= 15 is 0 Å². The first-order valence-corrected chi connectivity index (χ1v) is 11.6. The van der Waals surface area contributed by atoms with Gasteiger partial charge in [0.15, 0.2) is 0 Å². The van der Waals surface area contributed by atoms with Crippen molar-refractivity contribution in [2.45, 2.75) is 52.2 Å². The monoisotopic (exact) mass is 491 g/mol. The van der Waals surface area contributed by atoms with E-state index in [-0.39, 0.29) is 23.7 Å². The Bertz CT molecular complexity index is 937. The summed E-state index contributed by atoms with van der Waals surface area (Å²) in [5.41, 5.74) is 0.577. The first-order chi connectivity index (χ1) is 16.1. The Morgan fingerprint density at radius 1 is 1.15 bits per heavy atom. The number of halogens is 1. The smallest absolute Gasteiger partial charge is 0.407 e. The maximum Gasteiger partial charge on any atom is 0.407 e. The summed E-state index contributed by atoms with van der Waals surface area (Å²) in [5, 5.41) is 9.42. The second-order valence-electron chi connectivity index (χ2n) is 8.95. The first-order valence-electron chi connectivity index (χ1n) is 11.2. The van der Waals surface area contributed by atoms with Gasteiger partial charge in [-0.1, -0.05) is 48.9 Å². The number of carbonyl (C=O) groups excluding carboxylic acids is 2. The Hall–Kier alpha value is -3.07. The average molecular weight is 492 g/mol. The molecule has 0 spiro atoms. The highest BCUT2D eigenvalue weighted by molar-refractivity contribution is 6.29. The number of aromatic nitrogens is 2. The molecule has 0 saturated carbocycles. The molecule has 1 heterocycles. The number of nitrogens with one attached hydrogen (secondary N) is 3. The Labute approximate surface area is 206 Å². The van der Waals surface area contributed by atoms with E-state index < -0.39 is 17.6 Å². The summed E-state index contributed by atoms with van der Waals surface area (Å²) in [4.78, 5) is 32.8. The molecule has 0 aliphatic carbocycles. The number of anilines is 2. The number of rotatable bonds is 11. The SMILES string of the molecule is COC(=O)C(C)CC(CNC(=O)OC(C)(C)C)Nc1cc(Cl)nc(NCCc2ccccc2)n1. The van der Waals surface area contributed by atoms with Crippen LogP contribution in [0, 0.1) is 5.92 Å². The third-order valence-corrected chi connectivity index (χ3v) is 4.91. The van der Waals surface area contributed by atoms with Crippen LogP contribution in [0.25, 0.3) is 0 Å². The van der Waals surface area contributed by atoms with E-state index in [4.69, 9.17) is 21.1 Å². The molecule has 34 heavy (non-hydrogen) atoms. The summed E-state index contributed by atoms with van der Waals surface area (Å²) in [6.45, 7) is 7.96. The highest BCUT2D eigenvalue weighted by Crippen LogP contribution is 2.18. The number of benzene rings is 1. The molecule has 2 aromatic rings. The van der Waals surface area contributed by atoms with Crippen molar-refractivity contribution in [3.8, 4) is 0 Å². The van der Waals surface area contributed by atoms with Gasteiger partial charge in [-0.05, 0) is 39.2 Å². The Balaban J connectivity index is 2.05. The summed E-state index contributed by atoms with van der Waals surface area (Å²) in [6, 6.07) is 11.3. The lowest BCUT2D eigenvalue weighted by Crippen LogP contribution is -2.41. The average Bonchev–Trinajstić information content (AvgIpc) is 2.76. The molecule has 2 rings (SSSR count). The lowest BCUT2D eigenvalue weighted by atomic mass is 10.0. The number of hydrogen-bond donors (Lipinski definition) is 3. The molecule has 10 heteroatoms. The minimum absolute atomic E-state index is 0.203. The van der Waals surface area contributed by atoms with Gasteiger partial charge < -0.3 is 25.4 Å². The number of esters is 1. The summed E-state index contributed by atoms with van der Waals surface area (Å²) in [7, 11) is 1.35. The van der Waals surface area contributed by atoms with Crippen LogP contribution in [0.3, 0.4) is 0 Å². The van der Waals surface area contributed by atoms with Crippen molar-refractivity contribution in [2.75, 3.05) is 30.8 Å². The molecule has 0 aliphatic heterocycles. The molecule has 0 radical (unpaired) electrons. The molecule has 1 aromatic carbocycles. The van der Waals surface area contributed by atoms with Gasteiger partial charge in [-0.15, -0.1) is 0 Å². The second-order valence-corrected chi connectivity index (χ2v) is 9.33. The van der Waals surface area contributed by atoms with Crippen molar-refractivity contribution in [1.29, 1.82) is 0 Å². The lowest BCUT2D eigenvalue weighted by Gasteiger charge is -2.24. The van der Waals surface area contributed by atoms with E-state index in [0.717, 1.165) is 6.42 Å². The predicted octanol–water partition coefficient (Wildman–Crippen LogP) is 4.29. The van der Waals surface area contributed by atoms with E-state index in [9.17, 15) is 9.59 Å². The first kappa shape index (κ1) is 27.2. The molecule has 0 saturated heterocycles. The molecular formula is C24H34ClN5O4. The molecule has 1 aromatic heterocycles. The number of amides is 1. The summed E-state index contributed by atoms with van der Waals surface area (Å²) >= 11 is 6.21. The third-order valence-electron chi connectivity index (χ3n) is 4.72. The van der Waals surface area contributed by atoms with Crippen molar-refractivity contribution in [2.24, 2.45) is 5.92 Å². The van der Waals surface area contributed by atoms with Crippen molar-refractivity contribution >= 4 is 35.4 Å². The molecular weight excluding hydrogens is 458 g/mol. The van der Waals surface area contributed by atoms with Gasteiger partial charge in [0, 0.05) is 25.2 Å². The van der Waals surface area contributed by atoms with Crippen molar-refractivity contribution in [3.63, 3.8) is 0 Å². The van der Waals surface area contributed by atoms with Gasteiger partial charge in [-0.2, -0.15) is 4.98 Å². The zero-order valence-corrected chi connectivity index (χ0v) is 21.1. The fourth-order valence-electron chi connectivity index (χ4n) is 3.18. The number of ether oxygens (including phenoxy) is 2. The van der Waals surface area contributed by atoms with Crippen LogP contribution in [0.5, 0.6) is 0 Å². The number of alkyl carbamates (subject to hydrolysis) is 1. The molecule has 2 unspecified atom stereocenters. The highest BCUT2D eigenvalue weighted by Gasteiger charge is 2.22. The molecule has 1 amide bonds. The summed E-state index contributed by atoms with van der Waals surface area (Å²) in [6.07, 6.45) is 0.647. The van der Waals surface area contributed by atoms with Crippen LogP contribution in [0.2, 0.25) is 5.15 Å². The van der Waals surface area contributed by atoms with E-state index in [1.165, 1.54) is 12.7 Å². The fourth-order valence-corrected chi connectivity index (χ4v) is 3.36. The van der Waals surface area contributed by atoms with E-state index in [2.05, 4.69) is 38.1 Å². The van der Waals surface area contributed by atoms with Crippen LogP contribution < -0.4 is 16.0 Å². The van der Waals surface area contributed by atoms with Gasteiger partial charge >= 0.3 is 12.1 Å². The van der Waals surface area contributed by atoms with Gasteiger partial charge in [0.25, 0.3) is 0 Å². The van der Waals surface area contributed by atoms with Crippen molar-refractivity contribution in [1.82, 2.24) is 15.3 Å². The maximum absolute atomic E-state index is 12.1. The molecule has 2 atom stereocenters. The molecule has 0 fully saturated rings. The van der Waals surface area contributed by atoms with Gasteiger partial charge in [-0.3, -0.25) is 4.79 Å². The van der Waals surface area contributed by atoms with Crippen LogP contribution in [0.1, 0.15) is 39.7 Å². The Morgan fingerprint density at radius 2 is 1.85 bits per heavy atom. The molecule has 186 valence electrons. The molecule has 0 aliphatic rings. The zero-order chi connectivity index (χ0) is 25.1. The number of hydrogen-bond acceptors (Lipinski definition) is 8. The van der Waals surface area contributed by atoms with Crippen LogP contribution in [0.15, 0.2) is 36.4 Å². The number of methoxy groups -OCH3 is 1. The van der Waals surface area contributed by atoms with Crippen LogP contribution in [0.4, 0.5) is 16.6 Å². The van der Waals surface area contributed by atoms with E-state index in [1.54, 1.807) is 33.8 Å². The topological polar surface area (TPSA) is 114 Å². The summed E-state index contributed by atoms with van der Waals surface area (Å²) in [5.74, 6) is 0.109. The largest absolute Gasteiger partial charge is 0.469 e. The molecule has 3 N–H and O–H groups in total. The predicted molar refractivity (Wildman–Crippen MR) is 133 cm³/mol. The maximum atomic E-state index is 12.1. The quantitative estimate of drug-likeness (QED) is 0.315. The van der Waals surface area contributed by atoms with E-state index in [1.807, 2.05) is 18.2 Å². The Kier molecular flexibility index (Phi) is 10.4. The zero-order valence-electron chi connectivity index (χ0n) is 20.4.